The van der Waals surface area contributed by atoms with Crippen LogP contribution in [0.1, 0.15) is 26.7 Å². The summed E-state index contributed by atoms with van der Waals surface area (Å²) in [5.41, 5.74) is 0.177. The molecule has 10 heteroatoms. The Morgan fingerprint density at radius 3 is 2.65 bits per heavy atom. The Labute approximate surface area is 157 Å². The number of carbonyl (C=O) groups excluding carboxylic acids is 2. The summed E-state index contributed by atoms with van der Waals surface area (Å²) in [6.45, 7) is 3.16. The first kappa shape index (κ1) is 18.7. The van der Waals surface area contributed by atoms with E-state index in [9.17, 15) is 18.4 Å². The van der Waals surface area contributed by atoms with E-state index in [2.05, 4.69) is 15.5 Å². The van der Waals surface area contributed by atoms with Gasteiger partial charge >= 0.3 is 0 Å². The minimum absolute atomic E-state index is 0.0793. The SMILES string of the molecule is CC(=O)N(c1nnc(SC(C)C(=O)Nc2ccc(F)c(F)c2)s1)C1CC1. The molecule has 3 rings (SSSR count). The number of nitrogens with zero attached hydrogens (tertiary/aromatic N) is 3. The maximum absolute atomic E-state index is 13.2. The van der Waals surface area contributed by atoms with Gasteiger partial charge in [-0.3, -0.25) is 14.5 Å². The van der Waals surface area contributed by atoms with Gasteiger partial charge in [-0.1, -0.05) is 23.1 Å². The lowest BCUT2D eigenvalue weighted by molar-refractivity contribution is -0.117. The van der Waals surface area contributed by atoms with Gasteiger partial charge in [-0.15, -0.1) is 10.2 Å². The van der Waals surface area contributed by atoms with Gasteiger partial charge in [0.25, 0.3) is 0 Å². The third kappa shape index (κ3) is 4.36. The molecule has 2 aromatic rings. The second kappa shape index (κ2) is 7.67. The number of carbonyl (C=O) groups is 2. The second-order valence-electron chi connectivity index (χ2n) is 5.85. The summed E-state index contributed by atoms with van der Waals surface area (Å²) >= 11 is 2.44. The van der Waals surface area contributed by atoms with Crippen LogP contribution in [0.15, 0.2) is 22.5 Å². The minimum Gasteiger partial charge on any atom is -0.325 e. The van der Waals surface area contributed by atoms with Crippen molar-refractivity contribution in [2.45, 2.75) is 42.3 Å². The Bertz CT molecular complexity index is 841. The van der Waals surface area contributed by atoms with Crippen molar-refractivity contribution in [3.63, 3.8) is 0 Å². The van der Waals surface area contributed by atoms with Crippen LogP contribution in [0.3, 0.4) is 0 Å². The molecule has 0 spiro atoms. The van der Waals surface area contributed by atoms with Crippen molar-refractivity contribution in [3.8, 4) is 0 Å². The van der Waals surface area contributed by atoms with E-state index in [-0.39, 0.29) is 23.5 Å². The van der Waals surface area contributed by atoms with E-state index in [0.717, 1.165) is 25.0 Å². The van der Waals surface area contributed by atoms with Gasteiger partial charge in [0.1, 0.15) is 0 Å². The molecule has 1 aliphatic carbocycles. The second-order valence-corrected chi connectivity index (χ2v) is 8.39. The molecule has 0 radical (unpaired) electrons. The molecule has 1 aromatic heterocycles. The van der Waals surface area contributed by atoms with Crippen LogP contribution >= 0.6 is 23.1 Å². The zero-order valence-electron chi connectivity index (χ0n) is 14.0. The van der Waals surface area contributed by atoms with E-state index in [1.807, 2.05) is 0 Å². The third-order valence-corrected chi connectivity index (χ3v) is 5.79. The lowest BCUT2D eigenvalue weighted by Gasteiger charge is -2.15. The normalized spacial score (nSPS) is 14.8. The lowest BCUT2D eigenvalue weighted by Crippen LogP contribution is -2.30. The zero-order valence-corrected chi connectivity index (χ0v) is 15.7. The summed E-state index contributed by atoms with van der Waals surface area (Å²) in [6, 6.07) is 3.35. The summed E-state index contributed by atoms with van der Waals surface area (Å²) in [4.78, 5) is 25.6. The molecule has 1 fully saturated rings. The number of hydrogen-bond acceptors (Lipinski definition) is 6. The highest BCUT2D eigenvalue weighted by molar-refractivity contribution is 8.02. The van der Waals surface area contributed by atoms with E-state index in [4.69, 9.17) is 0 Å². The maximum Gasteiger partial charge on any atom is 0.237 e. The van der Waals surface area contributed by atoms with Gasteiger partial charge in [0.05, 0.1) is 5.25 Å². The Kier molecular flexibility index (Phi) is 5.52. The van der Waals surface area contributed by atoms with Crippen molar-refractivity contribution in [2.24, 2.45) is 0 Å². The van der Waals surface area contributed by atoms with Gasteiger partial charge in [0.2, 0.25) is 16.9 Å². The Morgan fingerprint density at radius 1 is 1.31 bits per heavy atom. The number of halogens is 2. The molecule has 6 nitrogen and oxygen atoms in total. The summed E-state index contributed by atoms with van der Waals surface area (Å²) in [5.74, 6) is -2.45. The predicted octanol–water partition coefficient (Wildman–Crippen LogP) is 3.45. The summed E-state index contributed by atoms with van der Waals surface area (Å²) in [7, 11) is 0. The molecule has 1 unspecified atom stereocenters. The number of amides is 2. The standard InChI is InChI=1S/C16H16F2N4O2S2/c1-8(14(24)19-10-3-6-12(17)13(18)7-10)25-16-21-20-15(26-16)22(9(2)23)11-4-5-11/h3,6-8,11H,4-5H2,1-2H3,(H,19,24). The Balaban J connectivity index is 1.62. The average Bonchev–Trinajstić information content (AvgIpc) is 3.30. The Morgan fingerprint density at radius 2 is 2.04 bits per heavy atom. The average molecular weight is 398 g/mol. The van der Waals surface area contributed by atoms with Crippen LogP contribution in [0.5, 0.6) is 0 Å². The van der Waals surface area contributed by atoms with Gasteiger partial charge in [-0.2, -0.15) is 0 Å². The number of hydrogen-bond donors (Lipinski definition) is 1. The van der Waals surface area contributed by atoms with Crippen molar-refractivity contribution < 1.29 is 18.4 Å². The van der Waals surface area contributed by atoms with Crippen LogP contribution in [0.4, 0.5) is 19.6 Å². The molecular formula is C16H16F2N4O2S2. The van der Waals surface area contributed by atoms with E-state index in [1.54, 1.807) is 11.8 Å². The van der Waals surface area contributed by atoms with Crippen molar-refractivity contribution >= 4 is 45.7 Å². The minimum atomic E-state index is -1.03. The van der Waals surface area contributed by atoms with E-state index < -0.39 is 16.9 Å². The first-order valence-electron chi connectivity index (χ1n) is 7.91. The molecule has 1 aromatic carbocycles. The highest BCUT2D eigenvalue weighted by Gasteiger charge is 2.34. The number of rotatable bonds is 6. The first-order valence-corrected chi connectivity index (χ1v) is 9.60. The van der Waals surface area contributed by atoms with Crippen molar-refractivity contribution in [2.75, 3.05) is 10.2 Å². The fourth-order valence-corrected chi connectivity index (χ4v) is 4.35. The van der Waals surface area contributed by atoms with Crippen molar-refractivity contribution in [3.05, 3.63) is 29.8 Å². The molecule has 0 aliphatic heterocycles. The topological polar surface area (TPSA) is 75.2 Å². The van der Waals surface area contributed by atoms with Crippen LogP contribution in [0, 0.1) is 11.6 Å². The molecule has 1 aliphatic rings. The van der Waals surface area contributed by atoms with Crippen LogP contribution < -0.4 is 10.2 Å². The van der Waals surface area contributed by atoms with Gasteiger partial charge in [-0.25, -0.2) is 8.78 Å². The smallest absolute Gasteiger partial charge is 0.237 e. The van der Waals surface area contributed by atoms with Gasteiger partial charge in [-0.05, 0) is 31.9 Å². The maximum atomic E-state index is 13.2. The van der Waals surface area contributed by atoms with Crippen LogP contribution in [0.25, 0.3) is 0 Å². The largest absolute Gasteiger partial charge is 0.325 e. The first-order chi connectivity index (χ1) is 12.3. The van der Waals surface area contributed by atoms with E-state index in [1.165, 1.54) is 36.1 Å². The van der Waals surface area contributed by atoms with Crippen molar-refractivity contribution in [1.29, 1.82) is 0 Å². The number of benzene rings is 1. The number of aromatic nitrogens is 2. The highest BCUT2D eigenvalue weighted by Crippen LogP contribution is 2.36. The zero-order chi connectivity index (χ0) is 18.8. The third-order valence-electron chi connectivity index (χ3n) is 3.69. The van der Waals surface area contributed by atoms with Gasteiger partial charge in [0.15, 0.2) is 16.0 Å². The van der Waals surface area contributed by atoms with Crippen LogP contribution in [-0.4, -0.2) is 33.3 Å². The molecular weight excluding hydrogens is 382 g/mol. The molecule has 1 N–H and O–H groups in total. The van der Waals surface area contributed by atoms with E-state index in [0.29, 0.717) is 9.47 Å². The van der Waals surface area contributed by atoms with Gasteiger partial charge in [0, 0.05) is 24.7 Å². The number of anilines is 2. The van der Waals surface area contributed by atoms with Crippen LogP contribution in [0.2, 0.25) is 0 Å². The van der Waals surface area contributed by atoms with Crippen LogP contribution in [-0.2, 0) is 9.59 Å². The quantitative estimate of drug-likeness (QED) is 0.596. The molecule has 0 saturated heterocycles. The molecule has 2 amide bonds. The Hall–Kier alpha value is -2.07. The molecule has 26 heavy (non-hydrogen) atoms. The summed E-state index contributed by atoms with van der Waals surface area (Å²) in [6.07, 6.45) is 1.91. The number of nitrogens with one attached hydrogen (secondary N) is 1. The fraction of sp³-hybridized carbons (Fsp3) is 0.375. The molecule has 138 valence electrons. The summed E-state index contributed by atoms with van der Waals surface area (Å²) in [5, 5.41) is 10.6. The molecule has 1 atom stereocenters. The monoisotopic (exact) mass is 398 g/mol. The molecule has 1 heterocycles. The molecule has 0 bridgehead atoms. The lowest BCUT2D eigenvalue weighted by atomic mass is 10.3. The highest BCUT2D eigenvalue weighted by atomic mass is 32.2. The van der Waals surface area contributed by atoms with E-state index >= 15 is 0 Å². The fourth-order valence-electron chi connectivity index (χ4n) is 2.25. The number of thioether (sulfide) groups is 1. The summed E-state index contributed by atoms with van der Waals surface area (Å²) < 4.78 is 26.7. The predicted molar refractivity (Wildman–Crippen MR) is 96.4 cm³/mol. The van der Waals surface area contributed by atoms with Gasteiger partial charge < -0.3 is 5.32 Å². The molecule has 1 saturated carbocycles. The van der Waals surface area contributed by atoms with Crippen molar-refractivity contribution in [1.82, 2.24) is 10.2 Å².